The first-order valence-corrected chi connectivity index (χ1v) is 7.18. The standard InChI is InChI=1S/C13H15ClF3N3S/c14-9-1-2-11(10(7-9)12(18)21)20-5-3-19(4-6-20)8-13(15,16)17/h1-2,7H,3-6,8H2,(H2,18,21). The van der Waals surface area contributed by atoms with Crippen molar-refractivity contribution >= 4 is 34.5 Å². The lowest BCUT2D eigenvalue weighted by Crippen LogP contribution is -2.49. The van der Waals surface area contributed by atoms with Crippen LogP contribution in [0.25, 0.3) is 0 Å². The molecule has 0 atom stereocenters. The van der Waals surface area contributed by atoms with E-state index in [9.17, 15) is 13.2 Å². The lowest BCUT2D eigenvalue weighted by Gasteiger charge is -2.37. The molecule has 3 nitrogen and oxygen atoms in total. The number of alkyl halides is 3. The normalized spacial score (nSPS) is 17.0. The Hall–Kier alpha value is -1.05. The summed E-state index contributed by atoms with van der Waals surface area (Å²) in [6.45, 7) is 0.808. The third-order valence-electron chi connectivity index (χ3n) is 3.34. The van der Waals surface area contributed by atoms with Gasteiger partial charge in [0.05, 0.1) is 6.54 Å². The predicted molar refractivity (Wildman–Crippen MR) is 82.0 cm³/mol. The van der Waals surface area contributed by atoms with E-state index >= 15 is 0 Å². The van der Waals surface area contributed by atoms with Gasteiger partial charge < -0.3 is 10.6 Å². The summed E-state index contributed by atoms with van der Waals surface area (Å²) in [5.74, 6) is 0. The van der Waals surface area contributed by atoms with Crippen LogP contribution in [0, 0.1) is 0 Å². The Morgan fingerprint density at radius 1 is 1.24 bits per heavy atom. The molecule has 116 valence electrons. The summed E-state index contributed by atoms with van der Waals surface area (Å²) in [5.41, 5.74) is 7.16. The van der Waals surface area contributed by atoms with E-state index in [1.807, 2.05) is 4.90 Å². The maximum Gasteiger partial charge on any atom is 0.401 e. The molecule has 1 aliphatic heterocycles. The molecule has 0 amide bonds. The number of hydrogen-bond donors (Lipinski definition) is 1. The van der Waals surface area contributed by atoms with Crippen molar-refractivity contribution in [3.63, 3.8) is 0 Å². The van der Waals surface area contributed by atoms with Crippen LogP contribution in [-0.2, 0) is 0 Å². The average Bonchev–Trinajstić information content (AvgIpc) is 2.38. The number of piperazine rings is 1. The second-order valence-corrected chi connectivity index (χ2v) is 5.78. The van der Waals surface area contributed by atoms with Crippen molar-refractivity contribution in [1.29, 1.82) is 0 Å². The number of nitrogens with zero attached hydrogens (tertiary/aromatic N) is 2. The maximum absolute atomic E-state index is 12.4. The van der Waals surface area contributed by atoms with Crippen molar-refractivity contribution in [2.24, 2.45) is 5.73 Å². The highest BCUT2D eigenvalue weighted by atomic mass is 35.5. The third-order valence-corrected chi connectivity index (χ3v) is 3.79. The molecule has 0 saturated carbocycles. The lowest BCUT2D eigenvalue weighted by molar-refractivity contribution is -0.146. The van der Waals surface area contributed by atoms with E-state index < -0.39 is 12.7 Å². The molecule has 0 aliphatic carbocycles. The minimum Gasteiger partial charge on any atom is -0.389 e. The molecule has 0 radical (unpaired) electrons. The molecule has 1 aromatic carbocycles. The molecule has 0 bridgehead atoms. The number of anilines is 1. The largest absolute Gasteiger partial charge is 0.401 e. The van der Waals surface area contributed by atoms with Crippen LogP contribution in [0.15, 0.2) is 18.2 Å². The third kappa shape index (κ3) is 4.46. The van der Waals surface area contributed by atoms with E-state index in [1.165, 1.54) is 4.90 Å². The van der Waals surface area contributed by atoms with Crippen molar-refractivity contribution in [3.05, 3.63) is 28.8 Å². The van der Waals surface area contributed by atoms with Gasteiger partial charge in [0.15, 0.2) is 0 Å². The summed E-state index contributed by atoms with van der Waals surface area (Å²) in [4.78, 5) is 3.61. The van der Waals surface area contributed by atoms with Crippen LogP contribution >= 0.6 is 23.8 Å². The fraction of sp³-hybridized carbons (Fsp3) is 0.462. The summed E-state index contributed by atoms with van der Waals surface area (Å²) in [7, 11) is 0. The zero-order chi connectivity index (χ0) is 15.6. The quantitative estimate of drug-likeness (QED) is 0.860. The molecule has 0 unspecified atom stereocenters. The summed E-state index contributed by atoms with van der Waals surface area (Å²) in [5, 5.41) is 0.525. The van der Waals surface area contributed by atoms with Crippen molar-refractivity contribution in [1.82, 2.24) is 4.90 Å². The zero-order valence-electron chi connectivity index (χ0n) is 11.2. The van der Waals surface area contributed by atoms with Gasteiger partial charge in [-0.2, -0.15) is 13.2 Å². The molecule has 2 N–H and O–H groups in total. The molecule has 1 aromatic rings. The van der Waals surface area contributed by atoms with Gasteiger partial charge in [0, 0.05) is 42.5 Å². The fourth-order valence-corrected chi connectivity index (χ4v) is 2.72. The Bertz CT molecular complexity index is 528. The van der Waals surface area contributed by atoms with E-state index in [2.05, 4.69) is 0 Å². The van der Waals surface area contributed by atoms with Gasteiger partial charge in [0.25, 0.3) is 0 Å². The second-order valence-electron chi connectivity index (χ2n) is 4.90. The first kappa shape index (κ1) is 16.3. The molecule has 0 aromatic heterocycles. The monoisotopic (exact) mass is 337 g/mol. The van der Waals surface area contributed by atoms with Crippen LogP contribution in [0.3, 0.4) is 0 Å². The van der Waals surface area contributed by atoms with Gasteiger partial charge in [-0.3, -0.25) is 4.90 Å². The molecule has 1 saturated heterocycles. The number of nitrogens with two attached hydrogens (primary N) is 1. The molecular formula is C13H15ClF3N3S. The Morgan fingerprint density at radius 2 is 1.86 bits per heavy atom. The fourth-order valence-electron chi connectivity index (χ4n) is 2.38. The Morgan fingerprint density at radius 3 is 2.38 bits per heavy atom. The van der Waals surface area contributed by atoms with Gasteiger partial charge in [-0.1, -0.05) is 23.8 Å². The van der Waals surface area contributed by atoms with Gasteiger partial charge in [-0.15, -0.1) is 0 Å². The number of benzene rings is 1. The Labute approximate surface area is 131 Å². The highest BCUT2D eigenvalue weighted by Crippen LogP contribution is 2.26. The van der Waals surface area contributed by atoms with Crippen LogP contribution in [-0.4, -0.2) is 48.8 Å². The maximum atomic E-state index is 12.4. The van der Waals surface area contributed by atoms with Gasteiger partial charge >= 0.3 is 6.18 Å². The van der Waals surface area contributed by atoms with Gasteiger partial charge in [-0.25, -0.2) is 0 Å². The first-order valence-electron chi connectivity index (χ1n) is 6.40. The molecule has 1 heterocycles. The minimum atomic E-state index is -4.16. The molecule has 1 aliphatic rings. The first-order chi connectivity index (χ1) is 9.76. The highest BCUT2D eigenvalue weighted by Gasteiger charge is 2.32. The predicted octanol–water partition coefficient (Wildman–Crippen LogP) is 2.66. The summed E-state index contributed by atoms with van der Waals surface area (Å²) < 4.78 is 37.1. The summed E-state index contributed by atoms with van der Waals surface area (Å²) >= 11 is 10.9. The summed E-state index contributed by atoms with van der Waals surface area (Å²) in [6, 6.07) is 5.21. The van der Waals surface area contributed by atoms with Crippen molar-refractivity contribution in [2.45, 2.75) is 6.18 Å². The number of hydrogen-bond acceptors (Lipinski definition) is 3. The van der Waals surface area contributed by atoms with Crippen LogP contribution < -0.4 is 10.6 Å². The van der Waals surface area contributed by atoms with Crippen molar-refractivity contribution in [2.75, 3.05) is 37.6 Å². The van der Waals surface area contributed by atoms with E-state index in [0.717, 1.165) is 5.69 Å². The average molecular weight is 338 g/mol. The van der Waals surface area contributed by atoms with Crippen LogP contribution in [0.2, 0.25) is 5.02 Å². The van der Waals surface area contributed by atoms with Crippen molar-refractivity contribution < 1.29 is 13.2 Å². The van der Waals surface area contributed by atoms with E-state index in [4.69, 9.17) is 29.6 Å². The SMILES string of the molecule is NC(=S)c1cc(Cl)ccc1N1CCN(CC(F)(F)F)CC1. The van der Waals surface area contributed by atoms with Crippen LogP contribution in [0.1, 0.15) is 5.56 Å². The molecular weight excluding hydrogens is 323 g/mol. The smallest absolute Gasteiger partial charge is 0.389 e. The second kappa shape index (κ2) is 6.37. The Kier molecular flexibility index (Phi) is 4.95. The van der Waals surface area contributed by atoms with Crippen molar-refractivity contribution in [3.8, 4) is 0 Å². The van der Waals surface area contributed by atoms with Crippen LogP contribution in [0.4, 0.5) is 18.9 Å². The Balaban J connectivity index is 2.07. The van der Waals surface area contributed by atoms with E-state index in [-0.39, 0.29) is 4.99 Å². The topological polar surface area (TPSA) is 32.5 Å². The van der Waals surface area contributed by atoms with Gasteiger partial charge in [0.1, 0.15) is 4.99 Å². The van der Waals surface area contributed by atoms with E-state index in [1.54, 1.807) is 18.2 Å². The number of rotatable bonds is 3. The number of halogens is 4. The van der Waals surface area contributed by atoms with E-state index in [0.29, 0.717) is 36.8 Å². The van der Waals surface area contributed by atoms with Gasteiger partial charge in [0.2, 0.25) is 0 Å². The number of thiocarbonyl (C=S) groups is 1. The molecule has 1 fully saturated rings. The van der Waals surface area contributed by atoms with Gasteiger partial charge in [-0.05, 0) is 18.2 Å². The molecule has 2 rings (SSSR count). The summed E-state index contributed by atoms with van der Waals surface area (Å²) in [6.07, 6.45) is -4.16. The zero-order valence-corrected chi connectivity index (χ0v) is 12.7. The lowest BCUT2D eigenvalue weighted by atomic mass is 10.1. The highest BCUT2D eigenvalue weighted by molar-refractivity contribution is 7.80. The molecule has 21 heavy (non-hydrogen) atoms. The molecule has 8 heteroatoms. The van der Waals surface area contributed by atoms with Crippen LogP contribution in [0.5, 0.6) is 0 Å². The minimum absolute atomic E-state index is 0.227. The molecule has 0 spiro atoms.